The van der Waals surface area contributed by atoms with E-state index in [1.165, 1.54) is 22.3 Å². The summed E-state index contributed by atoms with van der Waals surface area (Å²) in [7, 11) is 1.68. The zero-order valence-electron chi connectivity index (χ0n) is 15.1. The van der Waals surface area contributed by atoms with Gasteiger partial charge in [0.2, 0.25) is 0 Å². The van der Waals surface area contributed by atoms with E-state index in [0.29, 0.717) is 5.69 Å². The number of benzene rings is 2. The third-order valence-electron chi connectivity index (χ3n) is 4.20. The van der Waals surface area contributed by atoms with E-state index in [1.54, 1.807) is 7.11 Å². The number of nitrogens with two attached hydrogens (primary N) is 1. The third kappa shape index (κ3) is 5.03. The predicted molar refractivity (Wildman–Crippen MR) is 95.5 cm³/mol. The summed E-state index contributed by atoms with van der Waals surface area (Å²) in [5.41, 5.74) is 13.9. The second kappa shape index (κ2) is 11.0. The van der Waals surface area contributed by atoms with E-state index < -0.39 is 0 Å². The van der Waals surface area contributed by atoms with Crippen molar-refractivity contribution in [2.75, 3.05) is 12.8 Å². The summed E-state index contributed by atoms with van der Waals surface area (Å²) in [5.74, 6) is 0.795. The van der Waals surface area contributed by atoms with Gasteiger partial charge in [-0.05, 0) is 24.6 Å². The number of allylic oxidation sites excluding steroid dienone is 4. The first-order valence-corrected chi connectivity index (χ1v) is 7.81. The average Bonchev–Trinajstić information content (AvgIpc) is 3.19. The smallest absolute Gasteiger partial charge is 1.00 e. The van der Waals surface area contributed by atoms with Crippen LogP contribution in [0.25, 0.3) is 11.1 Å². The van der Waals surface area contributed by atoms with Crippen LogP contribution in [0.4, 0.5) is 5.69 Å². The normalized spacial score (nSPS) is 11.8. The number of rotatable bonds is 1. The molecule has 0 unspecified atom stereocenters. The Balaban J connectivity index is 0.000000685. The maximum Gasteiger partial charge on any atom is 4.00 e. The molecule has 2 aliphatic carbocycles. The van der Waals surface area contributed by atoms with Crippen LogP contribution in [-0.2, 0) is 32.6 Å². The Labute approximate surface area is 187 Å². The van der Waals surface area contributed by atoms with Crippen LogP contribution < -0.4 is 35.3 Å². The molecule has 0 saturated carbocycles. The van der Waals surface area contributed by atoms with Gasteiger partial charge in [-0.2, -0.15) is 12.1 Å². The van der Waals surface area contributed by atoms with E-state index in [0.717, 1.165) is 29.7 Å². The average molecular weight is 466 g/mol. The molecule has 0 bridgehead atoms. The van der Waals surface area contributed by atoms with Crippen LogP contribution in [0.3, 0.4) is 0 Å². The largest absolute Gasteiger partial charge is 4.00 e. The van der Waals surface area contributed by atoms with Crippen molar-refractivity contribution in [3.8, 4) is 16.9 Å². The Morgan fingerprint density at radius 1 is 1.15 bits per heavy atom. The quantitative estimate of drug-likeness (QED) is 0.354. The van der Waals surface area contributed by atoms with Crippen molar-refractivity contribution in [2.45, 2.75) is 26.7 Å². The summed E-state index contributed by atoms with van der Waals surface area (Å²) >= 11 is 0. The van der Waals surface area contributed by atoms with Gasteiger partial charge in [0.15, 0.2) is 0 Å². The minimum absolute atomic E-state index is 0. The molecule has 2 aromatic rings. The minimum Gasteiger partial charge on any atom is -1.00 e. The summed E-state index contributed by atoms with van der Waals surface area (Å²) < 4.78 is 5.51. The number of nitrogen functional groups attached to an aromatic ring is 1. The number of halogens is 2. The zero-order chi connectivity index (χ0) is 16.4. The number of hydrogen-bond acceptors (Lipinski definition) is 2. The van der Waals surface area contributed by atoms with E-state index in [9.17, 15) is 0 Å². The Kier molecular flexibility index (Phi) is 10.5. The molecule has 0 spiro atoms. The molecule has 0 radical (unpaired) electrons. The van der Waals surface area contributed by atoms with E-state index in [4.69, 9.17) is 10.5 Å². The summed E-state index contributed by atoms with van der Waals surface area (Å²) in [6.45, 7) is 4.09. The van der Waals surface area contributed by atoms with Gasteiger partial charge in [0, 0.05) is 5.75 Å². The van der Waals surface area contributed by atoms with E-state index in [2.05, 4.69) is 43.3 Å². The van der Waals surface area contributed by atoms with Crippen molar-refractivity contribution in [3.63, 3.8) is 0 Å². The zero-order valence-corrected chi connectivity index (χ0v) is 19.1. The van der Waals surface area contributed by atoms with Crippen LogP contribution in [0.1, 0.15) is 28.7 Å². The Morgan fingerprint density at radius 3 is 2.42 bits per heavy atom. The van der Waals surface area contributed by atoms with Crippen LogP contribution in [0.15, 0.2) is 36.4 Å². The molecule has 0 saturated heterocycles. The van der Waals surface area contributed by atoms with E-state index in [1.807, 2.05) is 19.1 Å². The fourth-order valence-electron chi connectivity index (χ4n) is 3.07. The van der Waals surface area contributed by atoms with Gasteiger partial charge in [-0.1, -0.05) is 41.8 Å². The van der Waals surface area contributed by atoms with Gasteiger partial charge < -0.3 is 35.3 Å². The van der Waals surface area contributed by atoms with Crippen molar-refractivity contribution < 1.29 is 55.8 Å². The molecular weight excluding hydrogens is 444 g/mol. The number of hydrogen-bond donors (Lipinski definition) is 1. The van der Waals surface area contributed by atoms with Gasteiger partial charge in [-0.3, -0.25) is 6.08 Å². The predicted octanol–water partition coefficient (Wildman–Crippen LogP) is -1.42. The fraction of sp³-hybridized carbons (Fsp3) is 0.238. The number of ether oxygens (including phenoxy) is 1. The molecule has 4 rings (SSSR count). The molecule has 0 aromatic heterocycles. The summed E-state index contributed by atoms with van der Waals surface area (Å²) in [4.78, 5) is 0. The number of anilines is 1. The maximum absolute atomic E-state index is 6.10. The first-order chi connectivity index (χ1) is 11.1. The van der Waals surface area contributed by atoms with Crippen molar-refractivity contribution >= 4 is 5.69 Å². The first-order valence-electron chi connectivity index (χ1n) is 7.81. The van der Waals surface area contributed by atoms with E-state index >= 15 is 0 Å². The molecule has 2 aromatic carbocycles. The number of fused-ring (bicyclic) bond motifs is 3. The SMILES string of the molecule is COc1c(N)c(C)[c-]c2c1-c1ccc(C)cc1C2.[C-]1=CC=CC1.[Cl-].[Cl-].[Zr+4]. The van der Waals surface area contributed by atoms with Gasteiger partial charge >= 0.3 is 26.2 Å². The topological polar surface area (TPSA) is 35.2 Å². The van der Waals surface area contributed by atoms with Crippen LogP contribution >= 0.6 is 0 Å². The summed E-state index contributed by atoms with van der Waals surface area (Å²) in [5, 5.41) is 0. The van der Waals surface area contributed by atoms with Crippen LogP contribution in [0.2, 0.25) is 0 Å². The van der Waals surface area contributed by atoms with Crippen LogP contribution in [-0.4, -0.2) is 7.11 Å². The van der Waals surface area contributed by atoms with Crippen LogP contribution in [0, 0.1) is 26.0 Å². The monoisotopic (exact) mass is 463 g/mol. The second-order valence-electron chi connectivity index (χ2n) is 5.89. The molecule has 5 heteroatoms. The molecule has 0 heterocycles. The van der Waals surface area contributed by atoms with Gasteiger partial charge in [0.05, 0.1) is 7.11 Å². The molecule has 0 fully saturated rings. The Hall–Kier alpha value is -1.02. The number of aryl methyl sites for hydroxylation is 2. The van der Waals surface area contributed by atoms with Crippen molar-refractivity contribution in [3.05, 3.63) is 70.8 Å². The van der Waals surface area contributed by atoms with Crippen LogP contribution in [0.5, 0.6) is 5.75 Å². The molecule has 0 aliphatic heterocycles. The maximum atomic E-state index is 6.10. The van der Waals surface area contributed by atoms with Gasteiger partial charge in [0.1, 0.15) is 0 Å². The molecule has 0 amide bonds. The Morgan fingerprint density at radius 2 is 1.88 bits per heavy atom. The first kappa shape index (κ1) is 25.0. The minimum atomic E-state index is 0. The standard InChI is InChI=1S/C16H16NO.C5H5.2ClH.Zr/c1-9-4-5-13-11(6-9)8-12-7-10(2)15(17)16(18-3)14(12)13;1-2-4-5-3-1;;;/h4-6H,8,17H2,1-3H3;1-3H,4H2;2*1H;/q2*-1;;;+4/p-2. The number of methoxy groups -OCH3 is 1. The Bertz CT molecular complexity index is 806. The van der Waals surface area contributed by atoms with Gasteiger partial charge in [-0.15, -0.1) is 17.5 Å². The second-order valence-corrected chi connectivity index (χ2v) is 5.89. The summed E-state index contributed by atoms with van der Waals surface area (Å²) in [6, 6.07) is 9.91. The molecule has 2 aliphatic rings. The van der Waals surface area contributed by atoms with Crippen molar-refractivity contribution in [1.82, 2.24) is 0 Å². The molecule has 2 nitrogen and oxygen atoms in total. The van der Waals surface area contributed by atoms with E-state index in [-0.39, 0.29) is 51.0 Å². The third-order valence-corrected chi connectivity index (χ3v) is 4.20. The van der Waals surface area contributed by atoms with Crippen molar-refractivity contribution in [1.29, 1.82) is 0 Å². The molecule has 26 heavy (non-hydrogen) atoms. The van der Waals surface area contributed by atoms with Crippen molar-refractivity contribution in [2.24, 2.45) is 0 Å². The van der Waals surface area contributed by atoms with Gasteiger partial charge in [-0.25, -0.2) is 12.2 Å². The van der Waals surface area contributed by atoms with Gasteiger partial charge in [0.25, 0.3) is 0 Å². The molecular formula is C21H21Cl2NOZr. The molecule has 134 valence electrons. The molecule has 2 N–H and O–H groups in total. The molecule has 0 atom stereocenters. The fourth-order valence-corrected chi connectivity index (χ4v) is 3.07. The summed E-state index contributed by atoms with van der Waals surface area (Å²) in [6.07, 6.45) is 10.9.